The van der Waals surface area contributed by atoms with Crippen molar-refractivity contribution >= 4 is 21.9 Å². The molecule has 3 heterocycles. The lowest BCUT2D eigenvalue weighted by Crippen LogP contribution is -2.36. The molecule has 0 aliphatic carbocycles. The van der Waals surface area contributed by atoms with Crippen molar-refractivity contribution in [2.24, 2.45) is 0 Å². The van der Waals surface area contributed by atoms with Crippen molar-refractivity contribution in [2.45, 2.75) is 25.4 Å². The molecule has 1 saturated heterocycles. The van der Waals surface area contributed by atoms with Crippen LogP contribution in [0.2, 0.25) is 0 Å². The van der Waals surface area contributed by atoms with Gasteiger partial charge >= 0.3 is 5.69 Å². The molecule has 1 aliphatic heterocycles. The first-order valence-corrected chi connectivity index (χ1v) is 13.7. The SMILES string of the molecule is O=c1[nH]c2ccccc2n1C1CCN(Cc2ccc(-c3nc4ccccc4cc3-c3ccccc3)cc2)CC1. The van der Waals surface area contributed by atoms with E-state index in [9.17, 15) is 4.79 Å². The summed E-state index contributed by atoms with van der Waals surface area (Å²) < 4.78 is 1.96. The lowest BCUT2D eigenvalue weighted by Gasteiger charge is -2.32. The van der Waals surface area contributed by atoms with E-state index in [0.29, 0.717) is 0 Å². The van der Waals surface area contributed by atoms with Crippen molar-refractivity contribution in [1.82, 2.24) is 19.4 Å². The zero-order valence-electron chi connectivity index (χ0n) is 21.8. The lowest BCUT2D eigenvalue weighted by atomic mass is 9.96. The first-order chi connectivity index (χ1) is 19.2. The molecule has 6 aromatic rings. The number of piperidine rings is 1. The maximum Gasteiger partial charge on any atom is 0.326 e. The fourth-order valence-corrected chi connectivity index (χ4v) is 5.97. The van der Waals surface area contributed by atoms with Gasteiger partial charge in [0, 0.05) is 42.2 Å². The van der Waals surface area contributed by atoms with Gasteiger partial charge in [-0.25, -0.2) is 9.78 Å². The quantitative estimate of drug-likeness (QED) is 0.270. The summed E-state index contributed by atoms with van der Waals surface area (Å²) in [6.07, 6.45) is 1.95. The zero-order chi connectivity index (χ0) is 26.2. The fourth-order valence-electron chi connectivity index (χ4n) is 5.97. The van der Waals surface area contributed by atoms with Gasteiger partial charge in [0.15, 0.2) is 0 Å². The third-order valence-electron chi connectivity index (χ3n) is 7.99. The van der Waals surface area contributed by atoms with Gasteiger partial charge in [0.1, 0.15) is 0 Å². The van der Waals surface area contributed by atoms with E-state index in [-0.39, 0.29) is 11.7 Å². The summed E-state index contributed by atoms with van der Waals surface area (Å²) >= 11 is 0. The van der Waals surface area contributed by atoms with Crippen molar-refractivity contribution in [1.29, 1.82) is 0 Å². The average Bonchev–Trinajstić information content (AvgIpc) is 3.33. The highest BCUT2D eigenvalue weighted by atomic mass is 16.1. The van der Waals surface area contributed by atoms with E-state index in [1.54, 1.807) is 0 Å². The summed E-state index contributed by atoms with van der Waals surface area (Å²) in [6, 6.07) is 38.2. The standard InChI is InChI=1S/C34H30N4O/c39-34-36-31-12-6-7-13-32(31)38(34)28-18-20-37(21-19-28)23-24-14-16-26(17-15-24)33-29(25-8-2-1-3-9-25)22-27-10-4-5-11-30(27)35-33/h1-17,22,28H,18-21,23H2,(H,36,39). The molecule has 0 saturated carbocycles. The van der Waals surface area contributed by atoms with Crippen LogP contribution in [0.3, 0.4) is 0 Å². The van der Waals surface area contributed by atoms with Crippen LogP contribution in [0.1, 0.15) is 24.4 Å². The van der Waals surface area contributed by atoms with E-state index in [2.05, 4.69) is 82.7 Å². The van der Waals surface area contributed by atoms with E-state index >= 15 is 0 Å². The molecule has 5 heteroatoms. The normalized spacial score (nSPS) is 14.8. The van der Waals surface area contributed by atoms with Crippen molar-refractivity contribution < 1.29 is 0 Å². The molecule has 0 amide bonds. The minimum Gasteiger partial charge on any atom is -0.306 e. The van der Waals surface area contributed by atoms with Crippen molar-refractivity contribution in [3.05, 3.63) is 125 Å². The molecule has 0 radical (unpaired) electrons. The second-order valence-corrected chi connectivity index (χ2v) is 10.5. The average molecular weight is 511 g/mol. The van der Waals surface area contributed by atoms with Crippen LogP contribution in [0, 0.1) is 0 Å². The number of likely N-dealkylation sites (tertiary alicyclic amines) is 1. The summed E-state index contributed by atoms with van der Waals surface area (Å²) in [4.78, 5) is 23.2. The molecule has 1 fully saturated rings. The number of H-pyrrole nitrogens is 1. The highest BCUT2D eigenvalue weighted by molar-refractivity contribution is 5.91. The third kappa shape index (κ3) is 4.55. The van der Waals surface area contributed by atoms with Crippen LogP contribution in [0.4, 0.5) is 0 Å². The van der Waals surface area contributed by atoms with Crippen molar-refractivity contribution in [2.75, 3.05) is 13.1 Å². The highest BCUT2D eigenvalue weighted by Crippen LogP contribution is 2.34. The topological polar surface area (TPSA) is 53.9 Å². The van der Waals surface area contributed by atoms with Crippen LogP contribution >= 0.6 is 0 Å². The number of nitrogens with one attached hydrogen (secondary N) is 1. The smallest absolute Gasteiger partial charge is 0.306 e. The minimum absolute atomic E-state index is 0.00223. The van der Waals surface area contributed by atoms with Crippen LogP contribution < -0.4 is 5.69 Å². The lowest BCUT2D eigenvalue weighted by molar-refractivity contribution is 0.180. The molecular weight excluding hydrogens is 480 g/mol. The Morgan fingerprint density at radius 2 is 1.49 bits per heavy atom. The van der Waals surface area contributed by atoms with Gasteiger partial charge in [-0.15, -0.1) is 0 Å². The summed E-state index contributed by atoms with van der Waals surface area (Å²) in [5, 5.41) is 1.15. The van der Waals surface area contributed by atoms with Crippen LogP contribution in [0.25, 0.3) is 44.3 Å². The second kappa shape index (κ2) is 10.0. The number of imidazole rings is 1. The molecule has 0 spiro atoms. The molecule has 39 heavy (non-hydrogen) atoms. The monoisotopic (exact) mass is 510 g/mol. The number of benzene rings is 4. The number of nitrogens with zero attached hydrogens (tertiary/aromatic N) is 3. The molecule has 4 aromatic carbocycles. The van der Waals surface area contributed by atoms with E-state index in [4.69, 9.17) is 4.98 Å². The summed E-state index contributed by atoms with van der Waals surface area (Å²) in [5.74, 6) is 0. The molecule has 7 rings (SSSR count). The van der Waals surface area contributed by atoms with Crippen LogP contribution in [0.5, 0.6) is 0 Å². The summed E-state index contributed by atoms with van der Waals surface area (Å²) in [7, 11) is 0. The van der Waals surface area contributed by atoms with Gasteiger partial charge in [-0.3, -0.25) is 9.47 Å². The first kappa shape index (κ1) is 23.6. The molecule has 1 aliphatic rings. The maximum atomic E-state index is 12.6. The number of hydrogen-bond donors (Lipinski definition) is 1. The Morgan fingerprint density at radius 3 is 2.31 bits per heavy atom. The number of rotatable bonds is 5. The molecule has 0 atom stereocenters. The number of hydrogen-bond acceptors (Lipinski definition) is 3. The Balaban J connectivity index is 1.10. The molecule has 0 unspecified atom stereocenters. The largest absolute Gasteiger partial charge is 0.326 e. The summed E-state index contributed by atoms with van der Waals surface area (Å²) in [6.45, 7) is 2.86. The number of pyridine rings is 1. The minimum atomic E-state index is 0.00223. The fraction of sp³-hybridized carbons (Fsp3) is 0.176. The molecule has 0 bridgehead atoms. The van der Waals surface area contributed by atoms with Crippen molar-refractivity contribution in [3.63, 3.8) is 0 Å². The summed E-state index contributed by atoms with van der Waals surface area (Å²) in [5.41, 5.74) is 8.69. The number of aromatic nitrogens is 3. The Bertz CT molecular complexity index is 1810. The number of aromatic amines is 1. The van der Waals surface area contributed by atoms with Gasteiger partial charge in [0.05, 0.1) is 22.2 Å². The molecule has 192 valence electrons. The van der Waals surface area contributed by atoms with Gasteiger partial charge in [0.25, 0.3) is 0 Å². The van der Waals surface area contributed by atoms with Crippen molar-refractivity contribution in [3.8, 4) is 22.4 Å². The van der Waals surface area contributed by atoms with Crippen LogP contribution in [-0.4, -0.2) is 32.5 Å². The van der Waals surface area contributed by atoms with Gasteiger partial charge in [-0.1, -0.05) is 84.9 Å². The Kier molecular flexibility index (Phi) is 6.06. The number of fused-ring (bicyclic) bond motifs is 2. The van der Waals surface area contributed by atoms with E-state index < -0.39 is 0 Å². The Labute approximate surface area is 227 Å². The van der Waals surface area contributed by atoms with E-state index in [0.717, 1.165) is 71.2 Å². The molecule has 5 nitrogen and oxygen atoms in total. The predicted octanol–water partition coefficient (Wildman–Crippen LogP) is 7.05. The van der Waals surface area contributed by atoms with Gasteiger partial charge in [-0.2, -0.15) is 0 Å². The van der Waals surface area contributed by atoms with E-state index in [1.807, 2.05) is 41.0 Å². The van der Waals surface area contributed by atoms with Gasteiger partial charge < -0.3 is 4.98 Å². The highest BCUT2D eigenvalue weighted by Gasteiger charge is 2.23. The molecule has 2 aromatic heterocycles. The molecular formula is C34H30N4O. The third-order valence-corrected chi connectivity index (χ3v) is 7.99. The second-order valence-electron chi connectivity index (χ2n) is 10.5. The van der Waals surface area contributed by atoms with Crippen LogP contribution in [-0.2, 0) is 6.54 Å². The van der Waals surface area contributed by atoms with Gasteiger partial charge in [-0.05, 0) is 48.2 Å². The molecule has 1 N–H and O–H groups in total. The van der Waals surface area contributed by atoms with E-state index in [1.165, 1.54) is 11.1 Å². The maximum absolute atomic E-state index is 12.6. The predicted molar refractivity (Wildman–Crippen MR) is 159 cm³/mol. The Hall–Kier alpha value is -4.48. The Morgan fingerprint density at radius 1 is 0.769 bits per heavy atom. The zero-order valence-corrected chi connectivity index (χ0v) is 21.8. The first-order valence-electron chi connectivity index (χ1n) is 13.7. The van der Waals surface area contributed by atoms with Gasteiger partial charge in [0.2, 0.25) is 0 Å². The van der Waals surface area contributed by atoms with Crippen LogP contribution in [0.15, 0.2) is 114 Å². The number of para-hydroxylation sites is 3.